The first-order valence-corrected chi connectivity index (χ1v) is 13.1. The van der Waals surface area contributed by atoms with Crippen molar-refractivity contribution in [1.82, 2.24) is 15.2 Å². The Kier molecular flexibility index (Phi) is 6.65. The van der Waals surface area contributed by atoms with Crippen molar-refractivity contribution >= 4 is 32.6 Å². The number of nitrogens with zero attached hydrogens (tertiary/aromatic N) is 3. The molecule has 0 bridgehead atoms. The monoisotopic (exact) mass is 462 g/mol. The molecule has 1 amide bonds. The molecule has 0 aliphatic carbocycles. The molecule has 174 valence electrons. The maximum absolute atomic E-state index is 13.1. The summed E-state index contributed by atoms with van der Waals surface area (Å²) in [6.07, 6.45) is 4.08. The number of piperidine rings is 2. The van der Waals surface area contributed by atoms with Gasteiger partial charge >= 0.3 is 0 Å². The number of rotatable bonds is 5. The number of anilines is 1. The van der Waals surface area contributed by atoms with Crippen molar-refractivity contribution in [1.29, 1.82) is 0 Å². The highest BCUT2D eigenvalue weighted by Crippen LogP contribution is 2.33. The summed E-state index contributed by atoms with van der Waals surface area (Å²) in [5, 5.41) is 4.44. The van der Waals surface area contributed by atoms with Crippen LogP contribution in [0.5, 0.6) is 0 Å². The number of fused-ring (bicyclic) bond motifs is 1. The molecule has 6 heteroatoms. The molecule has 2 fully saturated rings. The average Bonchev–Trinajstić information content (AvgIpc) is 3.26. The predicted molar refractivity (Wildman–Crippen MR) is 137 cm³/mol. The lowest BCUT2D eigenvalue weighted by molar-refractivity contribution is -0.126. The minimum atomic E-state index is 0.0518. The molecule has 33 heavy (non-hydrogen) atoms. The maximum atomic E-state index is 13.1. The number of aromatic nitrogens is 1. The summed E-state index contributed by atoms with van der Waals surface area (Å²) in [6, 6.07) is 15.4. The molecule has 1 atom stereocenters. The Labute approximate surface area is 200 Å². The topological polar surface area (TPSA) is 48.5 Å². The van der Waals surface area contributed by atoms with Crippen LogP contribution in [0.25, 0.3) is 10.2 Å². The van der Waals surface area contributed by atoms with Gasteiger partial charge in [-0.25, -0.2) is 4.98 Å². The molecule has 0 radical (unpaired) electrons. The van der Waals surface area contributed by atoms with Gasteiger partial charge in [0.05, 0.1) is 16.1 Å². The molecular formula is C27H34N4OS. The highest BCUT2D eigenvalue weighted by Gasteiger charge is 2.30. The molecule has 2 aliphatic rings. The normalized spacial score (nSPS) is 20.3. The van der Waals surface area contributed by atoms with Crippen LogP contribution in [-0.2, 0) is 11.3 Å². The Morgan fingerprint density at radius 1 is 1.09 bits per heavy atom. The smallest absolute Gasteiger partial charge is 0.225 e. The van der Waals surface area contributed by atoms with Gasteiger partial charge in [0.1, 0.15) is 0 Å². The van der Waals surface area contributed by atoms with Crippen molar-refractivity contribution in [2.75, 3.05) is 31.1 Å². The number of benzene rings is 2. The molecule has 3 aromatic rings. The second kappa shape index (κ2) is 9.82. The predicted octanol–water partition coefficient (Wildman–Crippen LogP) is 4.91. The third-order valence-corrected chi connectivity index (χ3v) is 8.13. The Morgan fingerprint density at radius 3 is 2.67 bits per heavy atom. The van der Waals surface area contributed by atoms with Crippen molar-refractivity contribution in [3.63, 3.8) is 0 Å². The molecule has 1 aromatic heterocycles. The van der Waals surface area contributed by atoms with Crippen LogP contribution in [0, 0.1) is 19.8 Å². The standard InChI is InChI=1S/C27H34N4OS/c1-19-15-20(2)25-24(16-19)33-27(29-25)31-12-6-9-22(18-31)26(32)28-23-10-13-30(14-11-23)17-21-7-4-3-5-8-21/h3-5,7-8,15-16,22-23H,6,9-14,17-18H2,1-2H3,(H,28,32)/t22-/m1/s1. The van der Waals surface area contributed by atoms with Crippen LogP contribution >= 0.6 is 11.3 Å². The van der Waals surface area contributed by atoms with Crippen LogP contribution in [0.15, 0.2) is 42.5 Å². The van der Waals surface area contributed by atoms with E-state index in [0.29, 0.717) is 6.04 Å². The molecule has 2 saturated heterocycles. The number of carbonyl (C=O) groups is 1. The molecule has 5 nitrogen and oxygen atoms in total. The van der Waals surface area contributed by atoms with E-state index in [9.17, 15) is 4.79 Å². The third kappa shape index (κ3) is 5.22. The number of aryl methyl sites for hydroxylation is 2. The summed E-state index contributed by atoms with van der Waals surface area (Å²) in [6.45, 7) is 9.12. The highest BCUT2D eigenvalue weighted by atomic mass is 32.1. The molecule has 0 unspecified atom stereocenters. The van der Waals surface area contributed by atoms with Gasteiger partial charge in [-0.05, 0) is 62.3 Å². The Morgan fingerprint density at radius 2 is 1.88 bits per heavy atom. The fourth-order valence-electron chi connectivity index (χ4n) is 5.26. The van der Waals surface area contributed by atoms with E-state index < -0.39 is 0 Å². The lowest BCUT2D eigenvalue weighted by Gasteiger charge is -2.35. The third-order valence-electron chi connectivity index (χ3n) is 7.06. The fraction of sp³-hybridized carbons (Fsp3) is 0.481. The van der Waals surface area contributed by atoms with Gasteiger partial charge in [-0.3, -0.25) is 9.69 Å². The van der Waals surface area contributed by atoms with Gasteiger partial charge in [-0.1, -0.05) is 47.7 Å². The zero-order valence-electron chi connectivity index (χ0n) is 19.7. The van der Waals surface area contributed by atoms with Crippen LogP contribution in [0.1, 0.15) is 42.4 Å². The van der Waals surface area contributed by atoms with Crippen LogP contribution in [0.4, 0.5) is 5.13 Å². The van der Waals surface area contributed by atoms with Crippen molar-refractivity contribution in [3.8, 4) is 0 Å². The maximum Gasteiger partial charge on any atom is 0.225 e. The van der Waals surface area contributed by atoms with Crippen molar-refractivity contribution in [2.45, 2.75) is 52.1 Å². The van der Waals surface area contributed by atoms with E-state index in [1.165, 1.54) is 21.4 Å². The van der Waals surface area contributed by atoms with Gasteiger partial charge in [0.15, 0.2) is 5.13 Å². The van der Waals surface area contributed by atoms with E-state index >= 15 is 0 Å². The van der Waals surface area contributed by atoms with E-state index in [4.69, 9.17) is 4.98 Å². The summed E-state index contributed by atoms with van der Waals surface area (Å²) >= 11 is 1.76. The molecule has 0 saturated carbocycles. The first kappa shape index (κ1) is 22.4. The molecule has 2 aliphatic heterocycles. The summed E-state index contributed by atoms with van der Waals surface area (Å²) in [5.41, 5.74) is 4.98. The van der Waals surface area contributed by atoms with Crippen LogP contribution < -0.4 is 10.2 Å². The summed E-state index contributed by atoms with van der Waals surface area (Å²) in [7, 11) is 0. The van der Waals surface area contributed by atoms with Gasteiger partial charge in [-0.2, -0.15) is 0 Å². The minimum Gasteiger partial charge on any atom is -0.353 e. The Balaban J connectivity index is 1.15. The number of carbonyl (C=O) groups excluding carboxylic acids is 1. The van der Waals surface area contributed by atoms with E-state index in [0.717, 1.165) is 69.1 Å². The van der Waals surface area contributed by atoms with Crippen LogP contribution in [-0.4, -0.2) is 48.0 Å². The first-order chi connectivity index (χ1) is 16.0. The Bertz CT molecular complexity index is 1100. The van der Waals surface area contributed by atoms with E-state index in [-0.39, 0.29) is 11.8 Å². The quantitative estimate of drug-likeness (QED) is 0.585. The summed E-state index contributed by atoms with van der Waals surface area (Å²) in [4.78, 5) is 22.9. The number of likely N-dealkylation sites (tertiary alicyclic amines) is 1. The van der Waals surface area contributed by atoms with Crippen LogP contribution in [0.2, 0.25) is 0 Å². The minimum absolute atomic E-state index is 0.0518. The van der Waals surface area contributed by atoms with Gasteiger partial charge in [0, 0.05) is 38.8 Å². The SMILES string of the molecule is Cc1cc(C)c2nc(N3CCC[C@@H](C(=O)NC4CCN(Cc5ccccc5)CC4)C3)sc2c1. The van der Waals surface area contributed by atoms with Gasteiger partial charge in [0.25, 0.3) is 0 Å². The van der Waals surface area contributed by atoms with Crippen molar-refractivity contribution in [3.05, 3.63) is 59.2 Å². The van der Waals surface area contributed by atoms with E-state index in [2.05, 4.69) is 71.4 Å². The number of amides is 1. The van der Waals surface area contributed by atoms with Gasteiger partial charge in [0.2, 0.25) is 5.91 Å². The number of hydrogen-bond donors (Lipinski definition) is 1. The largest absolute Gasteiger partial charge is 0.353 e. The Hall–Kier alpha value is -2.44. The number of hydrogen-bond acceptors (Lipinski definition) is 5. The molecule has 1 N–H and O–H groups in total. The van der Waals surface area contributed by atoms with E-state index in [1.54, 1.807) is 11.3 Å². The molecule has 3 heterocycles. The van der Waals surface area contributed by atoms with Gasteiger partial charge < -0.3 is 10.2 Å². The van der Waals surface area contributed by atoms with Crippen molar-refractivity contribution < 1.29 is 4.79 Å². The second-order valence-electron chi connectivity index (χ2n) is 9.75. The second-order valence-corrected chi connectivity index (χ2v) is 10.8. The zero-order valence-corrected chi connectivity index (χ0v) is 20.5. The zero-order chi connectivity index (χ0) is 22.8. The van der Waals surface area contributed by atoms with E-state index in [1.807, 2.05) is 0 Å². The number of thiazole rings is 1. The summed E-state index contributed by atoms with van der Waals surface area (Å²) < 4.78 is 1.25. The fourth-order valence-corrected chi connectivity index (χ4v) is 6.43. The van der Waals surface area contributed by atoms with Crippen LogP contribution in [0.3, 0.4) is 0 Å². The molecule has 2 aromatic carbocycles. The average molecular weight is 463 g/mol. The number of nitrogens with one attached hydrogen (secondary N) is 1. The lowest BCUT2D eigenvalue weighted by Crippen LogP contribution is -2.49. The first-order valence-electron chi connectivity index (χ1n) is 12.2. The molecule has 5 rings (SSSR count). The van der Waals surface area contributed by atoms with Crippen molar-refractivity contribution in [2.24, 2.45) is 5.92 Å². The molecule has 0 spiro atoms. The van der Waals surface area contributed by atoms with Gasteiger partial charge in [-0.15, -0.1) is 0 Å². The highest BCUT2D eigenvalue weighted by molar-refractivity contribution is 7.22. The lowest BCUT2D eigenvalue weighted by atomic mass is 9.96. The molecular weight excluding hydrogens is 428 g/mol. The summed E-state index contributed by atoms with van der Waals surface area (Å²) in [5.74, 6) is 0.283.